The third-order valence-electron chi connectivity index (χ3n) is 2.59. The topological polar surface area (TPSA) is 108 Å². The molecule has 1 heterocycles. The molecule has 1 aromatic heterocycles. The van der Waals surface area contributed by atoms with E-state index in [0.29, 0.717) is 11.4 Å². The number of nitrogen functional groups attached to an aromatic ring is 1. The Labute approximate surface area is 108 Å². The molecule has 19 heavy (non-hydrogen) atoms. The first-order valence-electron chi connectivity index (χ1n) is 5.56. The average molecular weight is 259 g/mol. The largest absolute Gasteiger partial charge is 0.508 e. The van der Waals surface area contributed by atoms with Gasteiger partial charge in [-0.1, -0.05) is 0 Å². The van der Waals surface area contributed by atoms with Crippen molar-refractivity contribution < 1.29 is 9.90 Å². The number of aromatic amines is 1. The first kappa shape index (κ1) is 12.7. The van der Waals surface area contributed by atoms with Crippen LogP contribution in [0.5, 0.6) is 5.75 Å². The van der Waals surface area contributed by atoms with Crippen molar-refractivity contribution in [3.05, 3.63) is 51.9 Å². The van der Waals surface area contributed by atoms with Crippen LogP contribution in [0, 0.1) is 6.92 Å². The Bertz CT molecular complexity index is 692. The van der Waals surface area contributed by atoms with Gasteiger partial charge in [0.05, 0.1) is 11.4 Å². The van der Waals surface area contributed by atoms with E-state index in [1.165, 1.54) is 30.5 Å². The third kappa shape index (κ3) is 2.74. The minimum Gasteiger partial charge on any atom is -0.508 e. The number of hydrogen-bond donors (Lipinski definition) is 4. The highest BCUT2D eigenvalue weighted by molar-refractivity contribution is 6.05. The fourth-order valence-electron chi connectivity index (χ4n) is 1.60. The Kier molecular flexibility index (Phi) is 3.24. The Hall–Kier alpha value is -2.76. The van der Waals surface area contributed by atoms with Crippen LogP contribution < -0.4 is 16.5 Å². The second-order valence-corrected chi connectivity index (χ2v) is 4.12. The van der Waals surface area contributed by atoms with Crippen LogP contribution in [-0.4, -0.2) is 16.0 Å². The van der Waals surface area contributed by atoms with Gasteiger partial charge in [0.25, 0.3) is 5.91 Å². The quantitative estimate of drug-likeness (QED) is 0.480. The lowest BCUT2D eigenvalue weighted by Gasteiger charge is -2.08. The molecule has 6 heteroatoms. The van der Waals surface area contributed by atoms with Gasteiger partial charge in [-0.15, -0.1) is 0 Å². The molecule has 0 radical (unpaired) electrons. The summed E-state index contributed by atoms with van der Waals surface area (Å²) in [6.07, 6.45) is 1.35. The Balaban J connectivity index is 2.28. The second kappa shape index (κ2) is 4.85. The van der Waals surface area contributed by atoms with Crippen molar-refractivity contribution in [1.29, 1.82) is 0 Å². The highest BCUT2D eigenvalue weighted by Crippen LogP contribution is 2.23. The van der Waals surface area contributed by atoms with Gasteiger partial charge < -0.3 is 21.1 Å². The average Bonchev–Trinajstić information content (AvgIpc) is 2.32. The summed E-state index contributed by atoms with van der Waals surface area (Å²) in [5.74, 6) is -0.553. The summed E-state index contributed by atoms with van der Waals surface area (Å²) in [6.45, 7) is 1.72. The van der Waals surface area contributed by atoms with Crippen LogP contribution >= 0.6 is 0 Å². The Morgan fingerprint density at radius 2 is 2.11 bits per heavy atom. The van der Waals surface area contributed by atoms with Gasteiger partial charge in [-0.2, -0.15) is 0 Å². The van der Waals surface area contributed by atoms with Crippen molar-refractivity contribution in [3.8, 4) is 5.75 Å². The molecule has 6 nitrogen and oxygen atoms in total. The number of nitrogens with one attached hydrogen (secondary N) is 2. The van der Waals surface area contributed by atoms with E-state index in [-0.39, 0.29) is 22.4 Å². The number of phenols is 1. The van der Waals surface area contributed by atoms with Crippen molar-refractivity contribution >= 4 is 17.3 Å². The van der Waals surface area contributed by atoms with E-state index in [1.54, 1.807) is 6.92 Å². The van der Waals surface area contributed by atoms with Gasteiger partial charge in [-0.05, 0) is 19.1 Å². The smallest absolute Gasteiger partial charge is 0.261 e. The number of rotatable bonds is 2. The van der Waals surface area contributed by atoms with Crippen LogP contribution in [0.25, 0.3) is 0 Å². The normalized spacial score (nSPS) is 10.2. The standard InChI is InChI=1S/C13H13N3O3/c1-7-4-12(18)9(6-15-7)13(19)16-11-3-2-8(17)5-10(11)14/h2-6,17H,14H2,1H3,(H,15,18)(H,16,19). The molecule has 2 aromatic rings. The summed E-state index contributed by atoms with van der Waals surface area (Å²) in [5, 5.41) is 11.7. The molecule has 0 saturated carbocycles. The molecule has 0 aliphatic rings. The zero-order valence-corrected chi connectivity index (χ0v) is 10.2. The zero-order chi connectivity index (χ0) is 14.0. The number of aromatic nitrogens is 1. The van der Waals surface area contributed by atoms with Crippen LogP contribution in [0.1, 0.15) is 16.1 Å². The van der Waals surface area contributed by atoms with Crippen LogP contribution in [0.4, 0.5) is 11.4 Å². The Morgan fingerprint density at radius 3 is 2.74 bits per heavy atom. The minimum absolute atomic E-state index is 0.00178. The zero-order valence-electron chi connectivity index (χ0n) is 10.2. The van der Waals surface area contributed by atoms with Gasteiger partial charge in [0.15, 0.2) is 5.43 Å². The second-order valence-electron chi connectivity index (χ2n) is 4.12. The monoisotopic (exact) mass is 259 g/mol. The fourth-order valence-corrected chi connectivity index (χ4v) is 1.60. The lowest BCUT2D eigenvalue weighted by molar-refractivity contribution is 0.102. The van der Waals surface area contributed by atoms with Crippen LogP contribution in [0.2, 0.25) is 0 Å². The first-order chi connectivity index (χ1) is 8.97. The van der Waals surface area contributed by atoms with E-state index in [2.05, 4.69) is 10.3 Å². The van der Waals surface area contributed by atoms with Gasteiger partial charge in [-0.3, -0.25) is 9.59 Å². The molecule has 0 aliphatic carbocycles. The number of nitrogens with two attached hydrogens (primary N) is 1. The van der Waals surface area contributed by atoms with Crippen molar-refractivity contribution in [2.24, 2.45) is 0 Å². The van der Waals surface area contributed by atoms with E-state index < -0.39 is 5.91 Å². The summed E-state index contributed by atoms with van der Waals surface area (Å²) in [6, 6.07) is 5.51. The van der Waals surface area contributed by atoms with Gasteiger partial charge in [0.1, 0.15) is 11.3 Å². The number of anilines is 2. The molecule has 0 fully saturated rings. The van der Waals surface area contributed by atoms with Gasteiger partial charge in [0, 0.05) is 24.0 Å². The molecule has 1 amide bonds. The number of carbonyl (C=O) groups is 1. The summed E-state index contributed by atoms with van der Waals surface area (Å²) in [5.41, 5.74) is 6.51. The summed E-state index contributed by atoms with van der Waals surface area (Å²) < 4.78 is 0. The van der Waals surface area contributed by atoms with Crippen molar-refractivity contribution in [2.45, 2.75) is 6.92 Å². The van der Waals surface area contributed by atoms with Crippen LogP contribution in [-0.2, 0) is 0 Å². The molecule has 0 bridgehead atoms. The third-order valence-corrected chi connectivity index (χ3v) is 2.59. The molecule has 0 unspecified atom stereocenters. The van der Waals surface area contributed by atoms with Gasteiger partial charge >= 0.3 is 0 Å². The summed E-state index contributed by atoms with van der Waals surface area (Å²) >= 11 is 0. The van der Waals surface area contributed by atoms with E-state index in [9.17, 15) is 14.7 Å². The molecule has 0 aliphatic heterocycles. The number of benzene rings is 1. The predicted molar refractivity (Wildman–Crippen MR) is 72.3 cm³/mol. The van der Waals surface area contributed by atoms with Crippen LogP contribution in [0.3, 0.4) is 0 Å². The maximum atomic E-state index is 11.9. The molecule has 98 valence electrons. The van der Waals surface area contributed by atoms with E-state index >= 15 is 0 Å². The lowest BCUT2D eigenvalue weighted by Crippen LogP contribution is -2.22. The first-order valence-corrected chi connectivity index (χ1v) is 5.56. The number of H-pyrrole nitrogens is 1. The highest BCUT2D eigenvalue weighted by Gasteiger charge is 2.12. The molecule has 0 atom stereocenters. The summed E-state index contributed by atoms with van der Waals surface area (Å²) in [7, 11) is 0. The van der Waals surface area contributed by atoms with Gasteiger partial charge in [-0.25, -0.2) is 0 Å². The molecular weight excluding hydrogens is 246 g/mol. The fraction of sp³-hybridized carbons (Fsp3) is 0.0769. The number of phenolic OH excluding ortho intramolecular Hbond substituents is 1. The molecular formula is C13H13N3O3. The van der Waals surface area contributed by atoms with E-state index in [1.807, 2.05) is 0 Å². The Morgan fingerprint density at radius 1 is 1.37 bits per heavy atom. The maximum Gasteiger partial charge on any atom is 0.261 e. The highest BCUT2D eigenvalue weighted by atomic mass is 16.3. The number of pyridine rings is 1. The minimum atomic E-state index is -0.557. The SMILES string of the molecule is Cc1cc(=O)c(C(=O)Nc2ccc(O)cc2N)c[nH]1. The molecule has 1 aromatic carbocycles. The molecule has 0 saturated heterocycles. The van der Waals surface area contributed by atoms with Crippen molar-refractivity contribution in [2.75, 3.05) is 11.1 Å². The van der Waals surface area contributed by atoms with Crippen molar-refractivity contribution in [1.82, 2.24) is 4.98 Å². The van der Waals surface area contributed by atoms with E-state index in [0.717, 1.165) is 0 Å². The number of aromatic hydroxyl groups is 1. The number of aryl methyl sites for hydroxylation is 1. The van der Waals surface area contributed by atoms with Crippen molar-refractivity contribution in [3.63, 3.8) is 0 Å². The van der Waals surface area contributed by atoms with Crippen LogP contribution in [0.15, 0.2) is 35.3 Å². The molecule has 0 spiro atoms. The number of amides is 1. The summed E-state index contributed by atoms with van der Waals surface area (Å²) in [4.78, 5) is 26.4. The van der Waals surface area contributed by atoms with E-state index in [4.69, 9.17) is 5.73 Å². The maximum absolute atomic E-state index is 11.9. The number of hydrogen-bond acceptors (Lipinski definition) is 4. The molecule has 5 N–H and O–H groups in total. The molecule has 2 rings (SSSR count). The van der Waals surface area contributed by atoms with Gasteiger partial charge in [0.2, 0.25) is 0 Å². The predicted octanol–water partition coefficient (Wildman–Crippen LogP) is 1.22. The number of carbonyl (C=O) groups excluding carboxylic acids is 1. The lowest BCUT2D eigenvalue weighted by atomic mass is 10.2.